The van der Waals surface area contributed by atoms with Gasteiger partial charge in [0.2, 0.25) is 0 Å². The van der Waals surface area contributed by atoms with Crippen LogP contribution in [-0.2, 0) is 23.9 Å². The van der Waals surface area contributed by atoms with Gasteiger partial charge >= 0.3 is 12.1 Å². The summed E-state index contributed by atoms with van der Waals surface area (Å²) in [6, 6.07) is 12.2. The summed E-state index contributed by atoms with van der Waals surface area (Å²) in [6.07, 6.45) is -2.23. The summed E-state index contributed by atoms with van der Waals surface area (Å²) in [7, 11) is 0. The highest BCUT2D eigenvalue weighted by molar-refractivity contribution is 5.84. The number of aryl methyl sites for hydroxylation is 1. The Balaban J connectivity index is 1.62. The van der Waals surface area contributed by atoms with Crippen LogP contribution in [-0.4, -0.2) is 25.8 Å². The first kappa shape index (κ1) is 19.7. The lowest BCUT2D eigenvalue weighted by molar-refractivity contribution is -0.138. The van der Waals surface area contributed by atoms with Gasteiger partial charge in [0.25, 0.3) is 5.89 Å². The van der Waals surface area contributed by atoms with Crippen molar-refractivity contribution in [3.63, 3.8) is 0 Å². The highest BCUT2D eigenvalue weighted by Gasteiger charge is 2.30. The second kappa shape index (κ2) is 7.66. The van der Waals surface area contributed by atoms with E-state index in [4.69, 9.17) is 9.63 Å². The van der Waals surface area contributed by atoms with Gasteiger partial charge in [-0.2, -0.15) is 18.2 Å². The number of carboxylic acid groups (broad SMARTS) is 1. The van der Waals surface area contributed by atoms with Crippen LogP contribution in [0.2, 0.25) is 0 Å². The number of nitrogens with zero attached hydrogens (tertiary/aromatic N) is 3. The van der Waals surface area contributed by atoms with Crippen LogP contribution >= 0.6 is 0 Å². The summed E-state index contributed by atoms with van der Waals surface area (Å²) in [5, 5.41) is 13.8. The smallest absolute Gasteiger partial charge is 0.416 e. The van der Waals surface area contributed by atoms with Gasteiger partial charge in [-0.3, -0.25) is 4.79 Å². The summed E-state index contributed by atoms with van der Waals surface area (Å²) in [5.41, 5.74) is 1.15. The fraction of sp³-hybridized carbons (Fsp3) is 0.190. The summed E-state index contributed by atoms with van der Waals surface area (Å²) in [4.78, 5) is 15.1. The molecule has 0 spiro atoms. The number of hydrogen-bond acceptors (Lipinski definition) is 4. The molecule has 0 amide bonds. The monoisotopic (exact) mass is 415 g/mol. The van der Waals surface area contributed by atoms with Crippen molar-refractivity contribution in [2.45, 2.75) is 25.6 Å². The van der Waals surface area contributed by atoms with Crippen molar-refractivity contribution in [3.05, 3.63) is 71.7 Å². The molecule has 2 aromatic carbocycles. The fourth-order valence-corrected chi connectivity index (χ4v) is 3.31. The predicted molar refractivity (Wildman–Crippen MR) is 102 cm³/mol. The van der Waals surface area contributed by atoms with Crippen molar-refractivity contribution in [1.82, 2.24) is 14.7 Å². The minimum Gasteiger partial charge on any atom is -0.481 e. The number of halogens is 3. The lowest BCUT2D eigenvalue weighted by atomic mass is 10.1. The van der Waals surface area contributed by atoms with Crippen LogP contribution in [0.1, 0.15) is 23.4 Å². The van der Waals surface area contributed by atoms with Gasteiger partial charge in [0.1, 0.15) is 0 Å². The third kappa shape index (κ3) is 4.05. The van der Waals surface area contributed by atoms with Gasteiger partial charge < -0.3 is 14.2 Å². The number of benzene rings is 2. The molecule has 0 saturated heterocycles. The van der Waals surface area contributed by atoms with E-state index in [-0.39, 0.29) is 24.4 Å². The van der Waals surface area contributed by atoms with Crippen LogP contribution < -0.4 is 0 Å². The van der Waals surface area contributed by atoms with Gasteiger partial charge in [0, 0.05) is 29.1 Å². The Hall–Kier alpha value is -3.62. The van der Waals surface area contributed by atoms with Crippen LogP contribution in [0.25, 0.3) is 22.4 Å². The van der Waals surface area contributed by atoms with E-state index in [1.807, 2.05) is 35.0 Å². The number of carbonyl (C=O) groups is 1. The molecule has 0 aliphatic carbocycles. The molecule has 4 rings (SSSR count). The molecule has 0 radical (unpaired) electrons. The Kier molecular flexibility index (Phi) is 5.03. The molecule has 0 fully saturated rings. The van der Waals surface area contributed by atoms with Crippen molar-refractivity contribution in [2.24, 2.45) is 0 Å². The summed E-state index contributed by atoms with van der Waals surface area (Å²) in [5.74, 6) is -0.581. The zero-order valence-corrected chi connectivity index (χ0v) is 15.6. The van der Waals surface area contributed by atoms with Gasteiger partial charge in [-0.15, -0.1) is 0 Å². The standard InChI is InChI=1S/C21H16F3N3O3/c22-21(23,24)15-5-3-4-13(10-15)20-25-18(26-30-20)12-27-11-14(8-9-19(28)29)16-6-1-2-7-17(16)27/h1-7,10-11H,8-9,12H2,(H,28,29). The van der Waals surface area contributed by atoms with Crippen LogP contribution in [0.3, 0.4) is 0 Å². The molecule has 0 atom stereocenters. The number of aliphatic carboxylic acids is 1. The van der Waals surface area contributed by atoms with Gasteiger partial charge in [0.15, 0.2) is 5.82 Å². The maximum absolute atomic E-state index is 12.9. The average molecular weight is 415 g/mol. The van der Waals surface area contributed by atoms with E-state index in [2.05, 4.69) is 10.1 Å². The largest absolute Gasteiger partial charge is 0.481 e. The highest BCUT2D eigenvalue weighted by atomic mass is 19.4. The first-order valence-electron chi connectivity index (χ1n) is 9.10. The second-order valence-corrected chi connectivity index (χ2v) is 6.79. The van der Waals surface area contributed by atoms with Crippen molar-refractivity contribution >= 4 is 16.9 Å². The quantitative estimate of drug-likeness (QED) is 0.490. The Morgan fingerprint density at radius 2 is 1.93 bits per heavy atom. The lowest BCUT2D eigenvalue weighted by Crippen LogP contribution is -2.04. The molecule has 4 aromatic rings. The van der Waals surface area contributed by atoms with Crippen LogP contribution in [0, 0.1) is 0 Å². The molecular formula is C21H16F3N3O3. The molecule has 0 saturated carbocycles. The Morgan fingerprint density at radius 3 is 2.70 bits per heavy atom. The highest BCUT2D eigenvalue weighted by Crippen LogP contribution is 2.32. The zero-order chi connectivity index (χ0) is 21.3. The first-order chi connectivity index (χ1) is 14.3. The van der Waals surface area contributed by atoms with E-state index in [1.54, 1.807) is 0 Å². The van der Waals surface area contributed by atoms with Crippen LogP contribution in [0.15, 0.2) is 59.3 Å². The normalized spacial score (nSPS) is 11.8. The number of rotatable bonds is 6. The van der Waals surface area contributed by atoms with Crippen molar-refractivity contribution in [1.29, 1.82) is 0 Å². The van der Waals surface area contributed by atoms with E-state index in [1.165, 1.54) is 12.1 Å². The molecule has 30 heavy (non-hydrogen) atoms. The van der Waals surface area contributed by atoms with Crippen molar-refractivity contribution in [3.8, 4) is 11.5 Å². The summed E-state index contributed by atoms with van der Waals surface area (Å²) < 4.78 is 45.8. The van der Waals surface area contributed by atoms with Crippen LogP contribution in [0.5, 0.6) is 0 Å². The van der Waals surface area contributed by atoms with Gasteiger partial charge in [0.05, 0.1) is 12.1 Å². The van der Waals surface area contributed by atoms with Gasteiger partial charge in [-0.05, 0) is 36.2 Å². The molecule has 2 aromatic heterocycles. The molecule has 2 heterocycles. The molecule has 0 bridgehead atoms. The van der Waals surface area contributed by atoms with Crippen molar-refractivity contribution < 1.29 is 27.6 Å². The van der Waals surface area contributed by atoms with E-state index in [9.17, 15) is 18.0 Å². The molecule has 0 aliphatic rings. The molecule has 0 unspecified atom stereocenters. The minimum atomic E-state index is -4.46. The average Bonchev–Trinajstić information content (AvgIpc) is 3.31. The summed E-state index contributed by atoms with van der Waals surface area (Å²) in [6.45, 7) is 0.232. The van der Waals surface area contributed by atoms with E-state index in [0.29, 0.717) is 12.2 Å². The minimum absolute atomic E-state index is 0.00124. The van der Waals surface area contributed by atoms with E-state index >= 15 is 0 Å². The number of para-hydroxylation sites is 1. The first-order valence-corrected chi connectivity index (χ1v) is 9.10. The van der Waals surface area contributed by atoms with Crippen molar-refractivity contribution in [2.75, 3.05) is 0 Å². The molecule has 1 N–H and O–H groups in total. The molecule has 0 aliphatic heterocycles. The summed E-state index contributed by atoms with van der Waals surface area (Å²) >= 11 is 0. The number of alkyl halides is 3. The van der Waals surface area contributed by atoms with Crippen LogP contribution in [0.4, 0.5) is 13.2 Å². The Labute approximate surface area is 168 Å². The Morgan fingerprint density at radius 1 is 1.13 bits per heavy atom. The maximum Gasteiger partial charge on any atom is 0.416 e. The number of carboxylic acids is 1. The number of hydrogen-bond donors (Lipinski definition) is 1. The van der Waals surface area contributed by atoms with E-state index in [0.717, 1.165) is 28.6 Å². The predicted octanol–water partition coefficient (Wildman–Crippen LogP) is 4.78. The molecule has 6 nitrogen and oxygen atoms in total. The maximum atomic E-state index is 12.9. The van der Waals surface area contributed by atoms with Gasteiger partial charge in [-0.1, -0.05) is 29.4 Å². The third-order valence-corrected chi connectivity index (χ3v) is 4.70. The number of fused-ring (bicyclic) bond motifs is 1. The lowest BCUT2D eigenvalue weighted by Gasteiger charge is -2.06. The SMILES string of the molecule is O=C(O)CCc1cn(Cc2noc(-c3cccc(C(F)(F)F)c3)n2)c2ccccc12. The van der Waals surface area contributed by atoms with Gasteiger partial charge in [-0.25, -0.2) is 0 Å². The topological polar surface area (TPSA) is 81.1 Å². The second-order valence-electron chi connectivity index (χ2n) is 6.79. The third-order valence-electron chi connectivity index (χ3n) is 4.70. The number of aromatic nitrogens is 3. The molecule has 154 valence electrons. The van der Waals surface area contributed by atoms with E-state index < -0.39 is 17.7 Å². The zero-order valence-electron chi connectivity index (χ0n) is 15.6. The molecule has 9 heteroatoms. The Bertz CT molecular complexity index is 1210. The fourth-order valence-electron chi connectivity index (χ4n) is 3.31. The molecular weight excluding hydrogens is 399 g/mol.